The van der Waals surface area contributed by atoms with Crippen LogP contribution in [0.2, 0.25) is 0 Å². The van der Waals surface area contributed by atoms with E-state index in [0.717, 1.165) is 11.1 Å². The van der Waals surface area contributed by atoms with Crippen molar-refractivity contribution in [2.75, 3.05) is 0 Å². The first-order valence-corrected chi connectivity index (χ1v) is 8.67. The molecule has 0 fully saturated rings. The van der Waals surface area contributed by atoms with Crippen molar-refractivity contribution < 1.29 is 9.53 Å². The Bertz CT molecular complexity index is 713. The maximum atomic E-state index is 12.3. The summed E-state index contributed by atoms with van der Waals surface area (Å²) in [5, 5.41) is 7.26. The van der Waals surface area contributed by atoms with Crippen molar-refractivity contribution >= 4 is 23.5 Å². The minimum atomic E-state index is -0.508. The van der Waals surface area contributed by atoms with Crippen molar-refractivity contribution in [1.82, 2.24) is 5.32 Å². The molecule has 2 aromatic rings. The third-order valence-electron chi connectivity index (χ3n) is 3.77. The third kappa shape index (κ3) is 3.64. The van der Waals surface area contributed by atoms with Crippen LogP contribution in [0.15, 0.2) is 47.2 Å². The quantitative estimate of drug-likeness (QED) is 0.831. The number of hydrogen-bond donors (Lipinski definition) is 1. The molecular weight excluding hydrogens is 306 g/mol. The lowest BCUT2D eigenvalue weighted by atomic mass is 9.82. The molecule has 0 aliphatic heterocycles. The lowest BCUT2D eigenvalue weighted by Crippen LogP contribution is -2.37. The van der Waals surface area contributed by atoms with Gasteiger partial charge in [-0.05, 0) is 54.3 Å². The molecule has 2 atom stereocenters. The van der Waals surface area contributed by atoms with Crippen LogP contribution in [0.5, 0.6) is 0 Å². The Hall–Kier alpha value is -2.07. The summed E-state index contributed by atoms with van der Waals surface area (Å²) in [6.45, 7) is 5.62. The van der Waals surface area contributed by atoms with E-state index >= 15 is 0 Å². The van der Waals surface area contributed by atoms with Crippen LogP contribution in [0.1, 0.15) is 49.4 Å². The molecule has 0 saturated carbocycles. The van der Waals surface area contributed by atoms with Crippen molar-refractivity contribution in [3.63, 3.8) is 0 Å². The minimum Gasteiger partial charge on any atom is -0.444 e. The van der Waals surface area contributed by atoms with E-state index in [1.807, 2.05) is 32.9 Å². The van der Waals surface area contributed by atoms with Gasteiger partial charge in [0.2, 0.25) is 0 Å². The highest BCUT2D eigenvalue weighted by atomic mass is 32.1. The summed E-state index contributed by atoms with van der Waals surface area (Å²) in [5.41, 5.74) is 2.96. The first-order valence-electron chi connectivity index (χ1n) is 7.73. The molecule has 1 aliphatic rings. The number of fused-ring (bicyclic) bond motifs is 1. The van der Waals surface area contributed by atoms with Crippen LogP contribution < -0.4 is 5.32 Å². The molecule has 1 aromatic heterocycles. The second-order valence-electron chi connectivity index (χ2n) is 6.69. The normalized spacial score (nSPS) is 20.0. The molecule has 3 nitrogen and oxygen atoms in total. The molecule has 3 rings (SSSR count). The van der Waals surface area contributed by atoms with Gasteiger partial charge in [-0.1, -0.05) is 36.4 Å². The van der Waals surface area contributed by atoms with E-state index in [-0.39, 0.29) is 18.1 Å². The van der Waals surface area contributed by atoms with Crippen molar-refractivity contribution in [1.29, 1.82) is 0 Å². The smallest absolute Gasteiger partial charge is 0.408 e. The summed E-state index contributed by atoms with van der Waals surface area (Å²) in [7, 11) is 0. The van der Waals surface area contributed by atoms with Crippen LogP contribution in [0.25, 0.3) is 6.08 Å². The first-order chi connectivity index (χ1) is 10.9. The number of thiophene rings is 1. The number of hydrogen-bond acceptors (Lipinski definition) is 3. The third-order valence-corrected chi connectivity index (χ3v) is 4.48. The van der Waals surface area contributed by atoms with E-state index in [4.69, 9.17) is 4.74 Å². The number of rotatable bonds is 2. The van der Waals surface area contributed by atoms with E-state index in [2.05, 4.69) is 46.4 Å². The van der Waals surface area contributed by atoms with Crippen molar-refractivity contribution in [3.8, 4) is 0 Å². The zero-order valence-electron chi connectivity index (χ0n) is 13.6. The highest BCUT2D eigenvalue weighted by molar-refractivity contribution is 7.08. The highest BCUT2D eigenvalue weighted by Gasteiger charge is 2.30. The average molecular weight is 327 g/mol. The number of amides is 1. The van der Waals surface area contributed by atoms with Gasteiger partial charge in [-0.15, -0.1) is 0 Å². The van der Waals surface area contributed by atoms with Gasteiger partial charge in [0.05, 0.1) is 6.04 Å². The van der Waals surface area contributed by atoms with Crippen molar-refractivity contribution in [3.05, 3.63) is 63.9 Å². The van der Waals surface area contributed by atoms with Gasteiger partial charge in [0.25, 0.3) is 0 Å². The molecule has 0 spiro atoms. The van der Waals surface area contributed by atoms with Gasteiger partial charge in [0.1, 0.15) is 5.60 Å². The van der Waals surface area contributed by atoms with Crippen LogP contribution in [-0.2, 0) is 4.74 Å². The lowest BCUT2D eigenvalue weighted by molar-refractivity contribution is 0.0499. The zero-order valence-corrected chi connectivity index (χ0v) is 14.4. The number of alkyl carbamates (subject to hydrolysis) is 1. The fraction of sp³-hybridized carbons (Fsp3) is 0.316. The second-order valence-corrected chi connectivity index (χ2v) is 7.47. The predicted molar refractivity (Wildman–Crippen MR) is 94.6 cm³/mol. The van der Waals surface area contributed by atoms with E-state index in [9.17, 15) is 4.79 Å². The van der Waals surface area contributed by atoms with Gasteiger partial charge >= 0.3 is 6.09 Å². The maximum Gasteiger partial charge on any atom is 0.408 e. The molecule has 0 saturated heterocycles. The molecule has 0 bridgehead atoms. The van der Waals surface area contributed by atoms with Gasteiger partial charge in [-0.25, -0.2) is 4.79 Å². The van der Waals surface area contributed by atoms with Gasteiger partial charge in [-0.3, -0.25) is 0 Å². The first kappa shape index (κ1) is 15.8. The van der Waals surface area contributed by atoms with Crippen molar-refractivity contribution in [2.45, 2.75) is 38.3 Å². The molecule has 1 aromatic carbocycles. The van der Waals surface area contributed by atoms with E-state index in [1.54, 1.807) is 11.3 Å². The summed E-state index contributed by atoms with van der Waals surface area (Å²) in [6, 6.07) is 10.1. The van der Waals surface area contributed by atoms with Crippen LogP contribution in [0.4, 0.5) is 4.79 Å². The summed E-state index contributed by atoms with van der Waals surface area (Å²) in [5.74, 6) is 0.115. The molecule has 1 aliphatic carbocycles. The highest BCUT2D eigenvalue weighted by Crippen LogP contribution is 2.39. The Kier molecular flexibility index (Phi) is 4.26. The van der Waals surface area contributed by atoms with Crippen LogP contribution >= 0.6 is 11.3 Å². The lowest BCUT2D eigenvalue weighted by Gasteiger charge is -2.31. The maximum absolute atomic E-state index is 12.3. The summed E-state index contributed by atoms with van der Waals surface area (Å²) >= 11 is 1.67. The summed E-state index contributed by atoms with van der Waals surface area (Å²) < 4.78 is 5.45. The Morgan fingerprint density at radius 1 is 1.22 bits per heavy atom. The molecule has 0 radical (unpaired) electrons. The summed E-state index contributed by atoms with van der Waals surface area (Å²) in [4.78, 5) is 12.3. The fourth-order valence-electron chi connectivity index (χ4n) is 2.83. The molecule has 1 heterocycles. The Morgan fingerprint density at radius 2 is 2.00 bits per heavy atom. The Morgan fingerprint density at radius 3 is 2.70 bits per heavy atom. The molecule has 4 heteroatoms. The van der Waals surface area contributed by atoms with Gasteiger partial charge < -0.3 is 10.1 Å². The fourth-order valence-corrected chi connectivity index (χ4v) is 3.54. The number of carbonyl (C=O) groups is 1. The monoisotopic (exact) mass is 327 g/mol. The van der Waals surface area contributed by atoms with Gasteiger partial charge in [0, 0.05) is 5.92 Å². The van der Waals surface area contributed by atoms with Crippen molar-refractivity contribution in [2.24, 2.45) is 0 Å². The van der Waals surface area contributed by atoms with E-state index < -0.39 is 5.60 Å². The zero-order chi connectivity index (χ0) is 16.4. The molecule has 0 unspecified atom stereocenters. The Labute approximate surface area is 141 Å². The summed E-state index contributed by atoms with van der Waals surface area (Å²) in [6.07, 6.45) is 3.91. The van der Waals surface area contributed by atoms with E-state index in [1.165, 1.54) is 5.56 Å². The molecular formula is C19H21NO2S. The van der Waals surface area contributed by atoms with Gasteiger partial charge in [0.15, 0.2) is 0 Å². The van der Waals surface area contributed by atoms with Crippen LogP contribution in [0.3, 0.4) is 0 Å². The largest absolute Gasteiger partial charge is 0.444 e. The molecule has 120 valence electrons. The van der Waals surface area contributed by atoms with Crippen LogP contribution in [-0.4, -0.2) is 11.7 Å². The van der Waals surface area contributed by atoms with Gasteiger partial charge in [-0.2, -0.15) is 11.3 Å². The number of ether oxygens (including phenoxy) is 1. The topological polar surface area (TPSA) is 38.3 Å². The molecule has 23 heavy (non-hydrogen) atoms. The standard InChI is InChI=1S/C19H21NO2S/c1-19(2,3)22-18(21)20-17-15-7-5-4-6-13(15)8-9-16(17)14-10-11-23-12-14/h4-12,16-17H,1-3H3,(H,20,21)/t16-,17-/m0/s1. The average Bonchev–Trinajstić information content (AvgIpc) is 2.99. The van der Waals surface area contributed by atoms with E-state index in [0.29, 0.717) is 0 Å². The Balaban J connectivity index is 1.91. The minimum absolute atomic E-state index is 0.115. The van der Waals surface area contributed by atoms with Crippen LogP contribution in [0, 0.1) is 0 Å². The molecule has 1 N–H and O–H groups in total. The second kappa shape index (κ2) is 6.20. The SMILES string of the molecule is CC(C)(C)OC(=O)N[C@H]1c2ccccc2C=C[C@H]1c1ccsc1. The number of nitrogens with one attached hydrogen (secondary N) is 1. The molecule has 1 amide bonds. The number of carbonyl (C=O) groups excluding carboxylic acids is 1. The predicted octanol–water partition coefficient (Wildman–Crippen LogP) is 5.12. The number of benzene rings is 1.